The van der Waals surface area contributed by atoms with E-state index >= 15 is 0 Å². The van der Waals surface area contributed by atoms with Crippen LogP contribution < -0.4 is 21.7 Å². The second-order valence-corrected chi connectivity index (χ2v) is 14.0. The van der Waals surface area contributed by atoms with E-state index in [0.29, 0.717) is 0 Å². The molecular formula is C36H46N6O8. The average Bonchev–Trinajstić information content (AvgIpc) is 3.44. The van der Waals surface area contributed by atoms with Crippen LogP contribution in [0.5, 0.6) is 0 Å². The second kappa shape index (κ2) is 15.9. The molecule has 7 N–H and O–H groups in total. The summed E-state index contributed by atoms with van der Waals surface area (Å²) in [5, 5.41) is 18.4. The Hall–Kier alpha value is -5.40. The van der Waals surface area contributed by atoms with Gasteiger partial charge in [-0.05, 0) is 55.9 Å². The molecule has 50 heavy (non-hydrogen) atoms. The van der Waals surface area contributed by atoms with Crippen molar-refractivity contribution in [2.75, 3.05) is 0 Å². The number of carbonyl (C=O) groups is 6. The third-order valence-corrected chi connectivity index (χ3v) is 8.30. The van der Waals surface area contributed by atoms with Gasteiger partial charge in [0, 0.05) is 36.5 Å². The molecule has 268 valence electrons. The number of primary amides is 1. The molecule has 0 saturated carbocycles. The molecule has 14 nitrogen and oxygen atoms in total. The number of hydrogen-bond donors (Lipinski definition) is 6. The second-order valence-electron chi connectivity index (χ2n) is 14.0. The van der Waals surface area contributed by atoms with Gasteiger partial charge in [0.25, 0.3) is 0 Å². The van der Waals surface area contributed by atoms with Crippen molar-refractivity contribution in [3.8, 4) is 0 Å². The summed E-state index contributed by atoms with van der Waals surface area (Å²) in [6.07, 6.45) is 0.441. The number of alkyl carbamates (subject to hydrolysis) is 1. The fourth-order valence-electron chi connectivity index (χ4n) is 6.01. The number of aromatic nitrogens is 1. The van der Waals surface area contributed by atoms with Gasteiger partial charge in [-0.3, -0.25) is 24.0 Å². The Balaban J connectivity index is 1.58. The number of carboxylic acids is 1. The lowest BCUT2D eigenvalue weighted by Gasteiger charge is -2.37. The first-order chi connectivity index (χ1) is 23.5. The smallest absolute Gasteiger partial charge is 0.408 e. The molecular weight excluding hydrogens is 644 g/mol. The van der Waals surface area contributed by atoms with Crippen molar-refractivity contribution in [3.63, 3.8) is 0 Å². The molecule has 4 atom stereocenters. The zero-order valence-electron chi connectivity index (χ0n) is 28.9. The van der Waals surface area contributed by atoms with E-state index in [1.54, 1.807) is 45.2 Å². The van der Waals surface area contributed by atoms with Gasteiger partial charge in [-0.1, -0.05) is 56.3 Å². The first-order valence-corrected chi connectivity index (χ1v) is 16.6. The molecule has 0 saturated heterocycles. The Labute approximate surface area is 290 Å². The van der Waals surface area contributed by atoms with E-state index in [9.17, 15) is 33.9 Å². The third kappa shape index (κ3) is 9.83. The average molecular weight is 691 g/mol. The number of aliphatic carboxylic acids is 1. The Kier molecular flexibility index (Phi) is 11.9. The monoisotopic (exact) mass is 690 g/mol. The summed E-state index contributed by atoms with van der Waals surface area (Å²) in [5.41, 5.74) is 7.99. The lowest BCUT2D eigenvalue weighted by atomic mass is 9.92. The number of ether oxygens (including phenoxy) is 1. The number of rotatable bonds is 13. The highest BCUT2D eigenvalue weighted by Crippen LogP contribution is 2.25. The number of fused-ring (bicyclic) bond motifs is 2. The Morgan fingerprint density at radius 3 is 2.18 bits per heavy atom. The number of nitrogens with zero attached hydrogens (tertiary/aromatic N) is 1. The Morgan fingerprint density at radius 2 is 1.54 bits per heavy atom. The van der Waals surface area contributed by atoms with Gasteiger partial charge in [-0.15, -0.1) is 0 Å². The van der Waals surface area contributed by atoms with Gasteiger partial charge < -0.3 is 41.4 Å². The van der Waals surface area contributed by atoms with Gasteiger partial charge in [0.1, 0.15) is 29.8 Å². The summed E-state index contributed by atoms with van der Waals surface area (Å²) in [5.74, 6) is -4.54. The Bertz CT molecular complexity index is 1750. The van der Waals surface area contributed by atoms with E-state index in [4.69, 9.17) is 10.5 Å². The summed E-state index contributed by atoms with van der Waals surface area (Å²) in [6.45, 7) is 8.72. The molecule has 3 aromatic rings. The molecule has 14 heteroatoms. The molecule has 5 amide bonds. The SMILES string of the molecule is CC(C)CC(NC(=O)C(Cc1c[nH]c2ccccc12)NC(=O)OC(C)(C)C)C(=O)NC(CC(=O)O)C(=O)N1Cc2ccccc2CC1C(N)=O. The lowest BCUT2D eigenvalue weighted by Crippen LogP contribution is -2.60. The molecule has 0 spiro atoms. The molecule has 1 aromatic heterocycles. The molecule has 1 aliphatic rings. The van der Waals surface area contributed by atoms with Crippen molar-refractivity contribution in [2.45, 2.75) is 96.6 Å². The van der Waals surface area contributed by atoms with Gasteiger partial charge in [0.2, 0.25) is 23.6 Å². The lowest BCUT2D eigenvalue weighted by molar-refractivity contribution is -0.147. The van der Waals surface area contributed by atoms with Crippen LogP contribution in [0.4, 0.5) is 4.79 Å². The maximum Gasteiger partial charge on any atom is 0.408 e. The van der Waals surface area contributed by atoms with E-state index in [1.165, 1.54) is 4.90 Å². The third-order valence-electron chi connectivity index (χ3n) is 8.30. The zero-order chi connectivity index (χ0) is 36.7. The summed E-state index contributed by atoms with van der Waals surface area (Å²) in [6, 6.07) is 9.66. The van der Waals surface area contributed by atoms with Crippen LogP contribution in [0.1, 0.15) is 64.2 Å². The van der Waals surface area contributed by atoms with Crippen molar-refractivity contribution < 1.29 is 38.6 Å². The van der Waals surface area contributed by atoms with Crippen LogP contribution in [-0.4, -0.2) is 80.5 Å². The number of benzene rings is 2. The first-order valence-electron chi connectivity index (χ1n) is 16.6. The summed E-state index contributed by atoms with van der Waals surface area (Å²) < 4.78 is 5.42. The van der Waals surface area contributed by atoms with E-state index in [2.05, 4.69) is 20.9 Å². The topological polar surface area (TPSA) is 213 Å². The molecule has 0 bridgehead atoms. The highest BCUT2D eigenvalue weighted by Gasteiger charge is 2.39. The van der Waals surface area contributed by atoms with Gasteiger partial charge in [0.15, 0.2) is 0 Å². The summed E-state index contributed by atoms with van der Waals surface area (Å²) >= 11 is 0. The van der Waals surface area contributed by atoms with E-state index in [1.807, 2.05) is 44.2 Å². The highest BCUT2D eigenvalue weighted by atomic mass is 16.6. The first kappa shape index (κ1) is 37.4. The number of hydrogen-bond acceptors (Lipinski definition) is 7. The fraction of sp³-hybridized carbons (Fsp3) is 0.444. The van der Waals surface area contributed by atoms with Gasteiger partial charge in [-0.25, -0.2) is 4.79 Å². The molecule has 0 radical (unpaired) electrons. The largest absolute Gasteiger partial charge is 0.481 e. The number of carbonyl (C=O) groups excluding carboxylic acids is 5. The number of amides is 5. The van der Waals surface area contributed by atoms with Gasteiger partial charge in [0.05, 0.1) is 6.42 Å². The molecule has 0 fully saturated rings. The number of carboxylic acid groups (broad SMARTS) is 1. The van der Waals surface area contributed by atoms with Crippen LogP contribution in [0.3, 0.4) is 0 Å². The normalized spacial score (nSPS) is 16.1. The van der Waals surface area contributed by atoms with Crippen molar-refractivity contribution in [1.82, 2.24) is 25.8 Å². The predicted molar refractivity (Wildman–Crippen MR) is 184 cm³/mol. The van der Waals surface area contributed by atoms with Crippen LogP contribution in [0.15, 0.2) is 54.7 Å². The quantitative estimate of drug-likeness (QED) is 0.156. The zero-order valence-corrected chi connectivity index (χ0v) is 28.9. The van der Waals surface area contributed by atoms with Crippen LogP contribution in [0, 0.1) is 5.92 Å². The summed E-state index contributed by atoms with van der Waals surface area (Å²) in [7, 11) is 0. The van der Waals surface area contributed by atoms with Crippen molar-refractivity contribution in [3.05, 3.63) is 71.4 Å². The van der Waals surface area contributed by atoms with Crippen molar-refractivity contribution >= 4 is 46.6 Å². The summed E-state index contributed by atoms with van der Waals surface area (Å²) in [4.78, 5) is 83.1. The minimum Gasteiger partial charge on any atom is -0.481 e. The van der Waals surface area contributed by atoms with Crippen LogP contribution >= 0.6 is 0 Å². The van der Waals surface area contributed by atoms with Gasteiger partial charge >= 0.3 is 12.1 Å². The fourth-order valence-corrected chi connectivity index (χ4v) is 6.01. The standard InChI is InChI=1S/C36H46N6O8/c1-20(2)14-26(39-33(47)27(41-35(49)50-36(3,4)5)15-23-18-38-25-13-9-8-12-24(23)25)32(46)40-28(17-30(43)44)34(48)42-19-22-11-7-6-10-21(22)16-29(42)31(37)45/h6-13,18,20,26-29,38H,14-17,19H2,1-5H3,(H2,37,45)(H,39,47)(H,40,46)(H,41,49)(H,43,44). The maximum absolute atomic E-state index is 13.9. The Morgan fingerprint density at radius 1 is 0.920 bits per heavy atom. The maximum atomic E-state index is 13.9. The van der Waals surface area contributed by atoms with E-state index in [-0.39, 0.29) is 31.7 Å². The van der Waals surface area contributed by atoms with Crippen molar-refractivity contribution in [2.24, 2.45) is 11.7 Å². The minimum atomic E-state index is -1.57. The number of para-hydroxylation sites is 1. The van der Waals surface area contributed by atoms with Gasteiger partial charge in [-0.2, -0.15) is 0 Å². The van der Waals surface area contributed by atoms with Crippen LogP contribution in [0.2, 0.25) is 0 Å². The molecule has 2 heterocycles. The van der Waals surface area contributed by atoms with Crippen molar-refractivity contribution in [1.29, 1.82) is 0 Å². The predicted octanol–water partition coefficient (Wildman–Crippen LogP) is 2.53. The molecule has 1 aliphatic heterocycles. The molecule has 0 aliphatic carbocycles. The number of nitrogens with two attached hydrogens (primary N) is 1. The number of H-pyrrole nitrogens is 1. The number of aromatic amines is 1. The minimum absolute atomic E-state index is 0.00733. The van der Waals surface area contributed by atoms with E-state index < -0.39 is 71.9 Å². The van der Waals surface area contributed by atoms with E-state index in [0.717, 1.165) is 27.6 Å². The molecule has 2 aromatic carbocycles. The molecule has 4 unspecified atom stereocenters. The molecule has 4 rings (SSSR count). The van der Waals surface area contributed by atoms with Crippen LogP contribution in [-0.2, 0) is 48.1 Å². The number of nitrogens with one attached hydrogen (secondary N) is 4. The van der Waals surface area contributed by atoms with Crippen LogP contribution in [0.25, 0.3) is 10.9 Å². The highest BCUT2D eigenvalue weighted by molar-refractivity contribution is 5.97.